The summed E-state index contributed by atoms with van der Waals surface area (Å²) in [5.74, 6) is -0.0758. The summed E-state index contributed by atoms with van der Waals surface area (Å²) in [6, 6.07) is 0. The molecule has 0 bridgehead atoms. The van der Waals surface area contributed by atoms with Gasteiger partial charge in [0.25, 0.3) is 0 Å². The van der Waals surface area contributed by atoms with Crippen LogP contribution in [0.1, 0.15) is 39.5 Å². The van der Waals surface area contributed by atoms with E-state index in [0.717, 1.165) is 32.5 Å². The van der Waals surface area contributed by atoms with Crippen molar-refractivity contribution in [1.29, 1.82) is 0 Å². The molecule has 1 aliphatic heterocycles. The van der Waals surface area contributed by atoms with Gasteiger partial charge in [0, 0.05) is 26.1 Å². The van der Waals surface area contributed by atoms with Crippen LogP contribution in [0.3, 0.4) is 0 Å². The van der Waals surface area contributed by atoms with Crippen LogP contribution in [0.2, 0.25) is 0 Å². The van der Waals surface area contributed by atoms with Crippen LogP contribution in [-0.2, 0) is 9.59 Å². The Hall–Kier alpha value is -1.10. The Morgan fingerprint density at radius 3 is 2.20 bits per heavy atom. The minimum atomic E-state index is -0.840. The summed E-state index contributed by atoms with van der Waals surface area (Å²) in [6.07, 6.45) is 2.44. The molecule has 0 aromatic rings. The van der Waals surface area contributed by atoms with Crippen LogP contribution in [0.4, 0.5) is 0 Å². The molecular formula is C15H28N2O3. The maximum Gasteiger partial charge on any atom is 0.303 e. The Labute approximate surface area is 121 Å². The largest absolute Gasteiger partial charge is 0.481 e. The average molecular weight is 284 g/mol. The number of carbonyl (C=O) groups is 2. The molecule has 1 rings (SSSR count). The normalized spacial score (nSPS) is 17.6. The third-order valence-electron chi connectivity index (χ3n) is 3.85. The molecule has 1 saturated heterocycles. The highest BCUT2D eigenvalue weighted by molar-refractivity contribution is 5.78. The van der Waals surface area contributed by atoms with Gasteiger partial charge in [-0.2, -0.15) is 0 Å². The molecule has 1 N–H and O–H groups in total. The van der Waals surface area contributed by atoms with Gasteiger partial charge in [-0.1, -0.05) is 13.8 Å². The van der Waals surface area contributed by atoms with Crippen molar-refractivity contribution in [3.8, 4) is 0 Å². The van der Waals surface area contributed by atoms with Crippen LogP contribution in [0, 0.1) is 11.3 Å². The molecule has 0 aliphatic carbocycles. The number of rotatable bonds is 6. The van der Waals surface area contributed by atoms with E-state index in [4.69, 9.17) is 5.11 Å². The zero-order valence-electron chi connectivity index (χ0n) is 13.2. The highest BCUT2D eigenvalue weighted by atomic mass is 16.4. The first-order valence-electron chi connectivity index (χ1n) is 7.34. The van der Waals surface area contributed by atoms with Crippen molar-refractivity contribution in [2.75, 3.05) is 33.7 Å². The van der Waals surface area contributed by atoms with Crippen LogP contribution in [0.5, 0.6) is 0 Å². The van der Waals surface area contributed by atoms with E-state index in [0.29, 0.717) is 12.3 Å². The fourth-order valence-electron chi connectivity index (χ4n) is 2.87. The second-order valence-corrected chi connectivity index (χ2v) is 7.00. The maximum absolute atomic E-state index is 12.2. The number of carboxylic acid groups (broad SMARTS) is 1. The molecule has 0 aromatic carbocycles. The van der Waals surface area contributed by atoms with E-state index >= 15 is 0 Å². The predicted octanol–water partition coefficient (Wildman–Crippen LogP) is 1.68. The smallest absolute Gasteiger partial charge is 0.303 e. The van der Waals surface area contributed by atoms with Gasteiger partial charge in [0.1, 0.15) is 0 Å². The number of carbonyl (C=O) groups excluding carboxylic acids is 1. The molecule has 5 heteroatoms. The lowest BCUT2D eigenvalue weighted by molar-refractivity contribution is -0.141. The molecule has 0 saturated carbocycles. The number of hydrogen-bond donors (Lipinski definition) is 1. The van der Waals surface area contributed by atoms with Crippen molar-refractivity contribution in [2.24, 2.45) is 11.3 Å². The van der Waals surface area contributed by atoms with Gasteiger partial charge in [0.15, 0.2) is 0 Å². The minimum absolute atomic E-state index is 0.0375. The number of carboxylic acids is 1. The summed E-state index contributed by atoms with van der Waals surface area (Å²) in [6.45, 7) is 6.38. The standard InChI is InChI=1S/C15H28N2O3/c1-15(2,10-14(19)20)9-13(18)17-7-5-12(6-8-17)11-16(3)4/h12H,5-11H2,1-4H3,(H,19,20). The van der Waals surface area contributed by atoms with E-state index < -0.39 is 11.4 Å². The van der Waals surface area contributed by atoms with Crippen molar-refractivity contribution in [1.82, 2.24) is 9.80 Å². The Morgan fingerprint density at radius 1 is 1.20 bits per heavy atom. The fourth-order valence-corrected chi connectivity index (χ4v) is 2.87. The number of piperidine rings is 1. The number of hydrogen-bond acceptors (Lipinski definition) is 3. The molecule has 0 atom stereocenters. The SMILES string of the molecule is CN(C)CC1CCN(C(=O)CC(C)(C)CC(=O)O)CC1. The van der Waals surface area contributed by atoms with Crippen LogP contribution in [0.15, 0.2) is 0 Å². The van der Waals surface area contributed by atoms with E-state index in [1.165, 1.54) is 0 Å². The van der Waals surface area contributed by atoms with Gasteiger partial charge >= 0.3 is 5.97 Å². The number of amides is 1. The Morgan fingerprint density at radius 2 is 1.75 bits per heavy atom. The van der Waals surface area contributed by atoms with Gasteiger partial charge in [-0.3, -0.25) is 9.59 Å². The monoisotopic (exact) mass is 284 g/mol. The topological polar surface area (TPSA) is 60.9 Å². The summed E-state index contributed by atoms with van der Waals surface area (Å²) < 4.78 is 0. The minimum Gasteiger partial charge on any atom is -0.481 e. The van der Waals surface area contributed by atoms with Gasteiger partial charge in [-0.15, -0.1) is 0 Å². The van der Waals surface area contributed by atoms with E-state index in [2.05, 4.69) is 19.0 Å². The quantitative estimate of drug-likeness (QED) is 0.806. The molecule has 0 spiro atoms. The van der Waals surface area contributed by atoms with Crippen LogP contribution < -0.4 is 0 Å². The maximum atomic E-state index is 12.2. The third kappa shape index (κ3) is 5.90. The Kier molecular flexibility index (Phi) is 5.99. The summed E-state index contributed by atoms with van der Waals surface area (Å²) in [5, 5.41) is 8.86. The summed E-state index contributed by atoms with van der Waals surface area (Å²) in [4.78, 5) is 27.1. The summed E-state index contributed by atoms with van der Waals surface area (Å²) >= 11 is 0. The highest BCUT2D eigenvalue weighted by Gasteiger charge is 2.29. The molecule has 0 unspecified atom stereocenters. The van der Waals surface area contributed by atoms with E-state index in [1.807, 2.05) is 18.7 Å². The van der Waals surface area contributed by atoms with E-state index in [9.17, 15) is 9.59 Å². The lowest BCUT2D eigenvalue weighted by Gasteiger charge is -2.35. The Bertz CT molecular complexity index is 345. The lowest BCUT2D eigenvalue weighted by Crippen LogP contribution is -2.42. The van der Waals surface area contributed by atoms with E-state index in [-0.39, 0.29) is 12.3 Å². The van der Waals surface area contributed by atoms with Crippen molar-refractivity contribution in [3.63, 3.8) is 0 Å². The average Bonchev–Trinajstić information content (AvgIpc) is 2.26. The molecule has 1 fully saturated rings. The lowest BCUT2D eigenvalue weighted by atomic mass is 9.84. The molecule has 20 heavy (non-hydrogen) atoms. The molecule has 1 aliphatic rings. The fraction of sp³-hybridized carbons (Fsp3) is 0.867. The number of aliphatic carboxylic acids is 1. The van der Waals surface area contributed by atoms with E-state index in [1.54, 1.807) is 0 Å². The van der Waals surface area contributed by atoms with Gasteiger partial charge in [-0.25, -0.2) is 0 Å². The number of likely N-dealkylation sites (tertiary alicyclic amines) is 1. The zero-order valence-corrected chi connectivity index (χ0v) is 13.2. The first kappa shape index (κ1) is 17.0. The van der Waals surface area contributed by atoms with Gasteiger partial charge in [-0.05, 0) is 38.3 Å². The first-order chi connectivity index (χ1) is 9.19. The van der Waals surface area contributed by atoms with Gasteiger partial charge < -0.3 is 14.9 Å². The first-order valence-corrected chi connectivity index (χ1v) is 7.34. The number of nitrogens with zero attached hydrogens (tertiary/aromatic N) is 2. The van der Waals surface area contributed by atoms with Crippen LogP contribution >= 0.6 is 0 Å². The van der Waals surface area contributed by atoms with Crippen molar-refractivity contribution in [3.05, 3.63) is 0 Å². The molecule has 116 valence electrons. The van der Waals surface area contributed by atoms with Crippen LogP contribution in [-0.4, -0.2) is 60.5 Å². The van der Waals surface area contributed by atoms with Crippen molar-refractivity contribution < 1.29 is 14.7 Å². The molecule has 1 heterocycles. The molecule has 5 nitrogen and oxygen atoms in total. The summed E-state index contributed by atoms with van der Waals surface area (Å²) in [5.41, 5.74) is -0.469. The second kappa shape index (κ2) is 7.07. The molecule has 1 amide bonds. The summed E-state index contributed by atoms with van der Waals surface area (Å²) in [7, 11) is 4.15. The highest BCUT2D eigenvalue weighted by Crippen LogP contribution is 2.27. The Balaban J connectivity index is 2.41. The molecule has 0 aromatic heterocycles. The molecular weight excluding hydrogens is 256 g/mol. The van der Waals surface area contributed by atoms with Crippen molar-refractivity contribution >= 4 is 11.9 Å². The van der Waals surface area contributed by atoms with Crippen molar-refractivity contribution in [2.45, 2.75) is 39.5 Å². The van der Waals surface area contributed by atoms with Crippen LogP contribution in [0.25, 0.3) is 0 Å². The third-order valence-corrected chi connectivity index (χ3v) is 3.85. The predicted molar refractivity (Wildman–Crippen MR) is 78.5 cm³/mol. The molecule has 0 radical (unpaired) electrons. The van der Waals surface area contributed by atoms with Gasteiger partial charge in [0.05, 0.1) is 6.42 Å². The van der Waals surface area contributed by atoms with Gasteiger partial charge in [0.2, 0.25) is 5.91 Å². The zero-order chi connectivity index (χ0) is 15.3. The second-order valence-electron chi connectivity index (χ2n) is 7.00.